The Balaban J connectivity index is 1.36. The fourth-order valence-corrected chi connectivity index (χ4v) is 5.25. The number of alkyl halides is 1. The van der Waals surface area contributed by atoms with E-state index >= 15 is 0 Å². The standard InChI is InChI=1S/C24H27F3N4O4/c25-16-4-3-15(10-17(16)26)31-23(33)2-1-5-24(31)6-8-30(9-7-24)21-11-22(29-20(12-32)28-21)35-19-14-34-13-18(19)27/h3-4,10-11,18-19,32H,1-2,5-9,12-14H2/t18-,19-/m1/s1. The number of ether oxygens (including phenoxy) is 2. The van der Waals surface area contributed by atoms with Crippen molar-refractivity contribution < 1.29 is 32.5 Å². The lowest BCUT2D eigenvalue weighted by Crippen LogP contribution is -2.60. The van der Waals surface area contributed by atoms with E-state index in [0.717, 1.165) is 25.0 Å². The number of benzene rings is 1. The molecule has 2 atom stereocenters. The van der Waals surface area contributed by atoms with Crippen molar-refractivity contribution in [2.45, 2.75) is 56.5 Å². The molecule has 4 heterocycles. The van der Waals surface area contributed by atoms with Gasteiger partial charge in [0.1, 0.15) is 12.4 Å². The largest absolute Gasteiger partial charge is 0.469 e. The van der Waals surface area contributed by atoms with Crippen LogP contribution in [0.2, 0.25) is 0 Å². The van der Waals surface area contributed by atoms with Crippen molar-refractivity contribution in [3.63, 3.8) is 0 Å². The highest BCUT2D eigenvalue weighted by molar-refractivity contribution is 5.95. The predicted molar refractivity (Wildman–Crippen MR) is 120 cm³/mol. The third-order valence-electron chi connectivity index (χ3n) is 7.05. The van der Waals surface area contributed by atoms with Crippen molar-refractivity contribution in [1.82, 2.24) is 9.97 Å². The second-order valence-electron chi connectivity index (χ2n) is 9.24. The van der Waals surface area contributed by atoms with E-state index in [-0.39, 0.29) is 30.8 Å². The summed E-state index contributed by atoms with van der Waals surface area (Å²) in [7, 11) is 0. The average molecular weight is 492 g/mol. The molecule has 0 radical (unpaired) electrons. The highest BCUT2D eigenvalue weighted by atomic mass is 19.2. The molecular weight excluding hydrogens is 465 g/mol. The van der Waals surface area contributed by atoms with Gasteiger partial charge in [0.2, 0.25) is 11.8 Å². The number of amides is 1. The van der Waals surface area contributed by atoms with E-state index in [1.165, 1.54) is 6.07 Å². The molecule has 0 unspecified atom stereocenters. The molecule has 1 aromatic heterocycles. The predicted octanol–water partition coefficient (Wildman–Crippen LogP) is 2.92. The van der Waals surface area contributed by atoms with Gasteiger partial charge >= 0.3 is 0 Å². The van der Waals surface area contributed by atoms with Crippen LogP contribution >= 0.6 is 0 Å². The Labute approximate surface area is 200 Å². The lowest BCUT2D eigenvalue weighted by atomic mass is 9.78. The fraction of sp³-hybridized carbons (Fsp3) is 0.542. The van der Waals surface area contributed by atoms with Gasteiger partial charge in [0, 0.05) is 37.3 Å². The highest BCUT2D eigenvalue weighted by Gasteiger charge is 2.45. The molecule has 0 aliphatic carbocycles. The van der Waals surface area contributed by atoms with Gasteiger partial charge in [-0.3, -0.25) is 4.79 Å². The molecule has 35 heavy (non-hydrogen) atoms. The van der Waals surface area contributed by atoms with E-state index in [9.17, 15) is 23.1 Å². The number of aliphatic hydroxyl groups excluding tert-OH is 1. The maximum atomic E-state index is 14.0. The number of aromatic nitrogens is 2. The van der Waals surface area contributed by atoms with Gasteiger partial charge in [-0.1, -0.05) is 0 Å². The molecule has 188 valence electrons. The van der Waals surface area contributed by atoms with Gasteiger partial charge in [-0.05, 0) is 37.8 Å². The van der Waals surface area contributed by atoms with E-state index in [2.05, 4.69) is 9.97 Å². The molecule has 0 saturated carbocycles. The van der Waals surface area contributed by atoms with Crippen LogP contribution in [-0.4, -0.2) is 65.1 Å². The SMILES string of the molecule is O=C1CCCC2(CCN(c3cc(O[C@@H]4COC[C@H]4F)nc(CO)n3)CC2)N1c1ccc(F)c(F)c1. The van der Waals surface area contributed by atoms with Crippen LogP contribution in [0.4, 0.5) is 24.7 Å². The Morgan fingerprint density at radius 3 is 2.60 bits per heavy atom. The van der Waals surface area contributed by atoms with Gasteiger partial charge in [-0.25, -0.2) is 18.2 Å². The monoisotopic (exact) mass is 492 g/mol. The number of nitrogens with zero attached hydrogens (tertiary/aromatic N) is 4. The van der Waals surface area contributed by atoms with Crippen molar-refractivity contribution in [2.24, 2.45) is 0 Å². The minimum Gasteiger partial charge on any atom is -0.469 e. The zero-order valence-electron chi connectivity index (χ0n) is 19.1. The fourth-order valence-electron chi connectivity index (χ4n) is 5.25. The number of hydrogen-bond acceptors (Lipinski definition) is 7. The van der Waals surface area contributed by atoms with E-state index in [1.807, 2.05) is 4.90 Å². The van der Waals surface area contributed by atoms with Crippen LogP contribution in [0, 0.1) is 11.6 Å². The second-order valence-corrected chi connectivity index (χ2v) is 9.24. The quantitative estimate of drug-likeness (QED) is 0.687. The molecule has 2 aromatic rings. The number of aliphatic hydroxyl groups is 1. The molecule has 3 aliphatic rings. The Bertz CT molecular complexity index is 1100. The third-order valence-corrected chi connectivity index (χ3v) is 7.05. The summed E-state index contributed by atoms with van der Waals surface area (Å²) in [5, 5.41) is 9.63. The minimum absolute atomic E-state index is 0.0309. The molecule has 11 heteroatoms. The van der Waals surface area contributed by atoms with Gasteiger partial charge in [0.25, 0.3) is 0 Å². The number of piperidine rings is 2. The maximum absolute atomic E-state index is 14.0. The second kappa shape index (κ2) is 9.62. The van der Waals surface area contributed by atoms with Gasteiger partial charge in [-0.2, -0.15) is 4.98 Å². The molecule has 1 spiro atoms. The molecule has 1 aromatic carbocycles. The number of rotatable bonds is 5. The first-order chi connectivity index (χ1) is 16.9. The van der Waals surface area contributed by atoms with Crippen molar-refractivity contribution in [2.75, 3.05) is 36.1 Å². The molecule has 1 N–H and O–H groups in total. The van der Waals surface area contributed by atoms with Crippen LogP contribution < -0.4 is 14.5 Å². The molecule has 1 amide bonds. The Kier molecular flexibility index (Phi) is 6.54. The third kappa shape index (κ3) is 4.66. The number of carbonyl (C=O) groups excluding carboxylic acids is 1. The van der Waals surface area contributed by atoms with Crippen LogP contribution in [0.5, 0.6) is 5.88 Å². The van der Waals surface area contributed by atoms with E-state index in [1.54, 1.807) is 11.0 Å². The lowest BCUT2D eigenvalue weighted by molar-refractivity contribution is -0.121. The Morgan fingerprint density at radius 2 is 1.91 bits per heavy atom. The first-order valence-corrected chi connectivity index (χ1v) is 11.8. The van der Waals surface area contributed by atoms with Crippen molar-refractivity contribution in [3.8, 4) is 5.88 Å². The van der Waals surface area contributed by atoms with Crippen molar-refractivity contribution in [1.29, 1.82) is 0 Å². The van der Waals surface area contributed by atoms with E-state index < -0.39 is 36.1 Å². The van der Waals surface area contributed by atoms with Gasteiger partial charge in [-0.15, -0.1) is 0 Å². The molecule has 0 bridgehead atoms. The first kappa shape index (κ1) is 23.8. The van der Waals surface area contributed by atoms with Gasteiger partial charge in [0.05, 0.1) is 18.8 Å². The molecule has 3 aliphatic heterocycles. The van der Waals surface area contributed by atoms with E-state index in [0.29, 0.717) is 43.9 Å². The highest BCUT2D eigenvalue weighted by Crippen LogP contribution is 2.42. The average Bonchev–Trinajstić information content (AvgIpc) is 3.25. The zero-order valence-corrected chi connectivity index (χ0v) is 19.1. The first-order valence-electron chi connectivity index (χ1n) is 11.8. The van der Waals surface area contributed by atoms with Crippen LogP contribution in [-0.2, 0) is 16.1 Å². The van der Waals surface area contributed by atoms with Crippen LogP contribution in [0.1, 0.15) is 37.9 Å². The summed E-state index contributed by atoms with van der Waals surface area (Å²) in [5.74, 6) is -1.19. The van der Waals surface area contributed by atoms with E-state index in [4.69, 9.17) is 9.47 Å². The normalized spacial score (nSPS) is 24.3. The van der Waals surface area contributed by atoms with Gasteiger partial charge in [0.15, 0.2) is 29.7 Å². The lowest BCUT2D eigenvalue weighted by Gasteiger charge is -2.51. The molecule has 8 nitrogen and oxygen atoms in total. The summed E-state index contributed by atoms with van der Waals surface area (Å²) in [5.41, 5.74) is -0.146. The molecule has 5 rings (SSSR count). The summed E-state index contributed by atoms with van der Waals surface area (Å²) >= 11 is 0. The summed E-state index contributed by atoms with van der Waals surface area (Å²) in [4.78, 5) is 25.1. The number of carbonyl (C=O) groups is 1. The van der Waals surface area contributed by atoms with Crippen molar-refractivity contribution in [3.05, 3.63) is 41.7 Å². The van der Waals surface area contributed by atoms with Crippen LogP contribution in [0.3, 0.4) is 0 Å². The van der Waals surface area contributed by atoms with Crippen molar-refractivity contribution >= 4 is 17.4 Å². The topological polar surface area (TPSA) is 88.0 Å². The van der Waals surface area contributed by atoms with Crippen LogP contribution in [0.25, 0.3) is 0 Å². The molecule has 3 fully saturated rings. The summed E-state index contributed by atoms with van der Waals surface area (Å²) in [6.45, 7) is 0.757. The summed E-state index contributed by atoms with van der Waals surface area (Å²) < 4.78 is 52.2. The number of halogens is 3. The smallest absolute Gasteiger partial charge is 0.227 e. The number of anilines is 2. The molecule has 3 saturated heterocycles. The van der Waals surface area contributed by atoms with Gasteiger partial charge < -0.3 is 24.4 Å². The number of hydrogen-bond donors (Lipinski definition) is 1. The maximum Gasteiger partial charge on any atom is 0.227 e. The van der Waals surface area contributed by atoms with Crippen LogP contribution in [0.15, 0.2) is 24.3 Å². The minimum atomic E-state index is -1.26. The summed E-state index contributed by atoms with van der Waals surface area (Å²) in [6, 6.07) is 5.19. The molecular formula is C24H27F3N4O4. The Morgan fingerprint density at radius 1 is 1.11 bits per heavy atom. The Hall–Kier alpha value is -2.92. The summed E-state index contributed by atoms with van der Waals surface area (Å²) in [6.07, 6.45) is 0.999. The zero-order chi connectivity index (χ0) is 24.6.